The van der Waals surface area contributed by atoms with Gasteiger partial charge in [-0.15, -0.1) is 0 Å². The molecular weight excluding hydrogens is 271 g/mol. The summed E-state index contributed by atoms with van der Waals surface area (Å²) in [5.41, 5.74) is 4.58. The molecule has 20 heavy (non-hydrogen) atoms. The zero-order valence-corrected chi connectivity index (χ0v) is 10.1. The molecule has 2 amide bonds. The Labute approximate surface area is 112 Å². The SMILES string of the molecule is Nc1cc(NC(=O)Nc2ccccc2F)c(F)cc1F. The fourth-order valence-electron chi connectivity index (χ4n) is 1.50. The normalized spacial score (nSPS) is 10.2. The van der Waals surface area contributed by atoms with Crippen LogP contribution in [0.1, 0.15) is 0 Å². The lowest BCUT2D eigenvalue weighted by Crippen LogP contribution is -2.21. The second-order valence-corrected chi connectivity index (χ2v) is 3.91. The Morgan fingerprint density at radius 2 is 1.55 bits per heavy atom. The average molecular weight is 281 g/mol. The third-order valence-electron chi connectivity index (χ3n) is 2.46. The zero-order valence-electron chi connectivity index (χ0n) is 10.1. The molecule has 0 saturated heterocycles. The number of nitrogen functional groups attached to an aromatic ring is 1. The molecule has 2 rings (SSSR count). The minimum absolute atomic E-state index is 0.0690. The van der Waals surface area contributed by atoms with E-state index < -0.39 is 23.5 Å². The summed E-state index contributed by atoms with van der Waals surface area (Å²) in [5.74, 6) is -2.55. The molecule has 0 fully saturated rings. The van der Waals surface area contributed by atoms with E-state index in [1.54, 1.807) is 0 Å². The smallest absolute Gasteiger partial charge is 0.323 e. The minimum Gasteiger partial charge on any atom is -0.396 e. The molecule has 4 nitrogen and oxygen atoms in total. The van der Waals surface area contributed by atoms with Crippen molar-refractivity contribution in [1.82, 2.24) is 0 Å². The summed E-state index contributed by atoms with van der Waals surface area (Å²) >= 11 is 0. The number of carbonyl (C=O) groups excluding carboxylic acids is 1. The summed E-state index contributed by atoms with van der Waals surface area (Å²) in [7, 11) is 0. The summed E-state index contributed by atoms with van der Waals surface area (Å²) in [5, 5.41) is 4.31. The van der Waals surface area contributed by atoms with Crippen LogP contribution in [0.5, 0.6) is 0 Å². The summed E-state index contributed by atoms with van der Waals surface area (Å²) < 4.78 is 39.6. The summed E-state index contributed by atoms with van der Waals surface area (Å²) in [6.45, 7) is 0. The number of halogens is 3. The standard InChI is InChI=1S/C13H10F3N3O/c14-7-3-1-2-4-11(7)18-13(20)19-12-6-10(17)8(15)5-9(12)16/h1-6H,17H2,(H2,18,19,20). The van der Waals surface area contributed by atoms with E-state index in [1.807, 2.05) is 0 Å². The van der Waals surface area contributed by atoms with Crippen LogP contribution in [0.3, 0.4) is 0 Å². The summed E-state index contributed by atoms with van der Waals surface area (Å²) in [4.78, 5) is 11.6. The molecule has 0 radical (unpaired) electrons. The molecule has 0 bridgehead atoms. The first-order valence-corrected chi connectivity index (χ1v) is 5.54. The van der Waals surface area contributed by atoms with Gasteiger partial charge >= 0.3 is 6.03 Å². The van der Waals surface area contributed by atoms with Crippen LogP contribution in [0.2, 0.25) is 0 Å². The van der Waals surface area contributed by atoms with E-state index in [-0.39, 0.29) is 17.1 Å². The molecule has 0 spiro atoms. The second kappa shape index (κ2) is 5.52. The maximum absolute atomic E-state index is 13.4. The number of benzene rings is 2. The lowest BCUT2D eigenvalue weighted by atomic mass is 10.2. The zero-order chi connectivity index (χ0) is 14.7. The number of nitrogens with two attached hydrogens (primary N) is 1. The molecule has 104 valence electrons. The largest absolute Gasteiger partial charge is 0.396 e. The van der Waals surface area contributed by atoms with Crippen molar-refractivity contribution in [3.05, 3.63) is 53.8 Å². The van der Waals surface area contributed by atoms with Gasteiger partial charge in [-0.3, -0.25) is 0 Å². The molecule has 4 N–H and O–H groups in total. The molecule has 0 atom stereocenters. The highest BCUT2D eigenvalue weighted by Gasteiger charge is 2.12. The van der Waals surface area contributed by atoms with Crippen molar-refractivity contribution in [3.63, 3.8) is 0 Å². The molecule has 2 aromatic carbocycles. The van der Waals surface area contributed by atoms with Gasteiger partial charge in [-0.05, 0) is 18.2 Å². The molecule has 0 unspecified atom stereocenters. The quantitative estimate of drug-likeness (QED) is 0.739. The highest BCUT2D eigenvalue weighted by atomic mass is 19.1. The van der Waals surface area contributed by atoms with E-state index in [0.717, 1.165) is 12.1 Å². The highest BCUT2D eigenvalue weighted by molar-refractivity contribution is 6.00. The first-order chi connectivity index (χ1) is 9.47. The van der Waals surface area contributed by atoms with E-state index in [4.69, 9.17) is 5.73 Å². The van der Waals surface area contributed by atoms with Gasteiger partial charge in [0.1, 0.15) is 17.5 Å². The Hall–Kier alpha value is -2.70. The van der Waals surface area contributed by atoms with Crippen molar-refractivity contribution in [2.24, 2.45) is 0 Å². The molecule has 0 aromatic heterocycles. The Morgan fingerprint density at radius 1 is 0.900 bits per heavy atom. The summed E-state index contributed by atoms with van der Waals surface area (Å²) in [6.07, 6.45) is 0. The van der Waals surface area contributed by atoms with Crippen LogP contribution >= 0.6 is 0 Å². The van der Waals surface area contributed by atoms with Crippen LogP contribution < -0.4 is 16.4 Å². The topological polar surface area (TPSA) is 67.1 Å². The Morgan fingerprint density at radius 3 is 2.25 bits per heavy atom. The van der Waals surface area contributed by atoms with Crippen molar-refractivity contribution >= 4 is 23.1 Å². The molecule has 0 aliphatic rings. The van der Waals surface area contributed by atoms with Gasteiger partial charge in [-0.1, -0.05) is 12.1 Å². The number of carbonyl (C=O) groups is 1. The van der Waals surface area contributed by atoms with Gasteiger partial charge in [0.05, 0.1) is 17.1 Å². The number of amides is 2. The molecule has 0 aliphatic heterocycles. The molecule has 2 aromatic rings. The molecule has 0 aliphatic carbocycles. The predicted molar refractivity (Wildman–Crippen MR) is 69.8 cm³/mol. The number of para-hydroxylation sites is 1. The third-order valence-corrected chi connectivity index (χ3v) is 2.46. The monoisotopic (exact) mass is 281 g/mol. The third kappa shape index (κ3) is 3.00. The van der Waals surface area contributed by atoms with E-state index >= 15 is 0 Å². The van der Waals surface area contributed by atoms with Crippen LogP contribution in [0.4, 0.5) is 35.0 Å². The van der Waals surface area contributed by atoms with Gasteiger partial charge in [-0.2, -0.15) is 0 Å². The number of rotatable bonds is 2. The predicted octanol–water partition coefficient (Wildman–Crippen LogP) is 3.33. The van der Waals surface area contributed by atoms with Crippen molar-refractivity contribution in [2.45, 2.75) is 0 Å². The number of hydrogen-bond acceptors (Lipinski definition) is 2. The van der Waals surface area contributed by atoms with Crippen LogP contribution in [-0.4, -0.2) is 6.03 Å². The maximum atomic E-state index is 13.4. The molecule has 0 saturated carbocycles. The van der Waals surface area contributed by atoms with Crippen molar-refractivity contribution in [2.75, 3.05) is 16.4 Å². The van der Waals surface area contributed by atoms with Gasteiger partial charge in [0.15, 0.2) is 0 Å². The van der Waals surface area contributed by atoms with Gasteiger partial charge in [0.25, 0.3) is 0 Å². The first kappa shape index (κ1) is 13.7. The first-order valence-electron chi connectivity index (χ1n) is 5.54. The van der Waals surface area contributed by atoms with Gasteiger partial charge in [-0.25, -0.2) is 18.0 Å². The molecule has 7 heteroatoms. The van der Waals surface area contributed by atoms with Crippen LogP contribution in [0.25, 0.3) is 0 Å². The second-order valence-electron chi connectivity index (χ2n) is 3.91. The van der Waals surface area contributed by atoms with Crippen LogP contribution in [-0.2, 0) is 0 Å². The Bertz CT molecular complexity index is 661. The highest BCUT2D eigenvalue weighted by Crippen LogP contribution is 2.21. The van der Waals surface area contributed by atoms with E-state index in [0.29, 0.717) is 6.07 Å². The fraction of sp³-hybridized carbons (Fsp3) is 0. The van der Waals surface area contributed by atoms with Crippen LogP contribution in [0.15, 0.2) is 36.4 Å². The number of urea groups is 1. The number of hydrogen-bond donors (Lipinski definition) is 3. The maximum Gasteiger partial charge on any atom is 0.323 e. The van der Waals surface area contributed by atoms with Gasteiger partial charge in [0.2, 0.25) is 0 Å². The van der Waals surface area contributed by atoms with Gasteiger partial charge in [0, 0.05) is 6.07 Å². The van der Waals surface area contributed by atoms with Crippen molar-refractivity contribution in [1.29, 1.82) is 0 Å². The molecule has 0 heterocycles. The Balaban J connectivity index is 2.13. The lowest BCUT2D eigenvalue weighted by Gasteiger charge is -2.10. The Kier molecular flexibility index (Phi) is 3.79. The van der Waals surface area contributed by atoms with E-state index in [9.17, 15) is 18.0 Å². The van der Waals surface area contributed by atoms with Crippen molar-refractivity contribution < 1.29 is 18.0 Å². The number of nitrogens with one attached hydrogen (secondary N) is 2. The van der Waals surface area contributed by atoms with Crippen molar-refractivity contribution in [3.8, 4) is 0 Å². The molecular formula is C13H10F3N3O. The fourth-order valence-corrected chi connectivity index (χ4v) is 1.50. The van der Waals surface area contributed by atoms with E-state index in [2.05, 4.69) is 10.6 Å². The van der Waals surface area contributed by atoms with E-state index in [1.165, 1.54) is 18.2 Å². The minimum atomic E-state index is -0.986. The lowest BCUT2D eigenvalue weighted by molar-refractivity contribution is 0.262. The number of anilines is 3. The summed E-state index contributed by atoms with van der Waals surface area (Å²) in [6, 6.07) is 6.09. The van der Waals surface area contributed by atoms with Gasteiger partial charge < -0.3 is 16.4 Å². The van der Waals surface area contributed by atoms with Crippen LogP contribution in [0, 0.1) is 17.5 Å². The average Bonchev–Trinajstić information content (AvgIpc) is 2.39.